The number of anilines is 2. The Hall–Kier alpha value is -1.30. The van der Waals surface area contributed by atoms with E-state index >= 15 is 0 Å². The molecule has 0 aromatic carbocycles. The zero-order chi connectivity index (χ0) is 13.5. The molecular weight excluding hydrogens is 248 g/mol. The van der Waals surface area contributed by atoms with E-state index in [1.165, 1.54) is 11.5 Å². The first-order chi connectivity index (χ1) is 8.31. The number of hydrogen-bond acceptors (Lipinski definition) is 5. The Kier molecular flexibility index (Phi) is 3.23. The first kappa shape index (κ1) is 13.1. The summed E-state index contributed by atoms with van der Waals surface area (Å²) in [5.74, 6) is 0.149. The van der Waals surface area contributed by atoms with E-state index in [4.69, 9.17) is 5.73 Å². The summed E-state index contributed by atoms with van der Waals surface area (Å²) in [6.07, 6.45) is 1.11. The topological polar surface area (TPSA) is 80.0 Å². The highest BCUT2D eigenvalue weighted by Gasteiger charge is 2.46. The van der Waals surface area contributed by atoms with Gasteiger partial charge in [-0.1, -0.05) is 13.8 Å². The molecule has 6 heteroatoms. The number of rotatable bonds is 4. The lowest BCUT2D eigenvalue weighted by molar-refractivity contribution is 0.0945. The van der Waals surface area contributed by atoms with Crippen LogP contribution in [0.3, 0.4) is 0 Å². The number of aromatic nitrogens is 1. The Morgan fingerprint density at radius 1 is 1.56 bits per heavy atom. The molecule has 1 unspecified atom stereocenters. The lowest BCUT2D eigenvalue weighted by atomic mass is 10.2. The molecule has 1 heterocycles. The number of carbonyl (C=O) groups excluding carboxylic acids is 1. The molecule has 1 fully saturated rings. The van der Waals surface area contributed by atoms with E-state index in [0.29, 0.717) is 22.8 Å². The van der Waals surface area contributed by atoms with E-state index in [1.54, 1.807) is 0 Å². The van der Waals surface area contributed by atoms with Crippen molar-refractivity contribution < 1.29 is 4.79 Å². The minimum Gasteiger partial charge on any atom is -0.382 e. The van der Waals surface area contributed by atoms with Gasteiger partial charge in [-0.3, -0.25) is 4.79 Å². The number of nitrogens with two attached hydrogens (primary N) is 1. The number of nitrogens with one attached hydrogen (secondary N) is 2. The summed E-state index contributed by atoms with van der Waals surface area (Å²) in [6.45, 7) is 8.24. The molecule has 5 nitrogen and oxygen atoms in total. The van der Waals surface area contributed by atoms with Gasteiger partial charge in [0.2, 0.25) is 0 Å². The zero-order valence-electron chi connectivity index (χ0n) is 11.2. The second-order valence-corrected chi connectivity index (χ2v) is 6.56. The highest BCUT2D eigenvalue weighted by atomic mass is 32.1. The maximum absolute atomic E-state index is 12.1. The monoisotopic (exact) mass is 268 g/mol. The van der Waals surface area contributed by atoms with Crippen molar-refractivity contribution in [2.24, 2.45) is 5.41 Å². The molecule has 1 atom stereocenters. The molecular formula is C12H20N4OS. The number of hydrogen-bond donors (Lipinski definition) is 3. The molecule has 2 rings (SSSR count). The van der Waals surface area contributed by atoms with E-state index in [0.717, 1.165) is 11.4 Å². The molecule has 0 radical (unpaired) electrons. The second-order valence-electron chi connectivity index (χ2n) is 5.79. The summed E-state index contributed by atoms with van der Waals surface area (Å²) in [5, 5.41) is 6.99. The smallest absolute Gasteiger partial charge is 0.258 e. The van der Waals surface area contributed by atoms with E-state index in [2.05, 4.69) is 28.9 Å². The molecule has 0 bridgehead atoms. The summed E-state index contributed by atoms with van der Waals surface area (Å²) in [4.78, 5) is 12.1. The highest BCUT2D eigenvalue weighted by molar-refractivity contribution is 7.11. The minimum absolute atomic E-state index is 0.0852. The molecule has 0 saturated heterocycles. The van der Waals surface area contributed by atoms with Gasteiger partial charge in [0.15, 0.2) is 5.82 Å². The summed E-state index contributed by atoms with van der Waals surface area (Å²) >= 11 is 1.25. The molecule has 1 saturated carbocycles. The van der Waals surface area contributed by atoms with Crippen molar-refractivity contribution in [2.45, 2.75) is 46.2 Å². The van der Waals surface area contributed by atoms with Crippen LogP contribution in [0.5, 0.6) is 0 Å². The molecule has 1 aliphatic rings. The summed E-state index contributed by atoms with van der Waals surface area (Å²) < 4.78 is 4.07. The Bertz CT molecular complexity index is 467. The standard InChI is InChI=1S/C12H20N4OS/c1-6(2)14-10(17)8-9(13)16-18-11(8)15-7-5-12(7,3)4/h6-7,15H,5H2,1-4H3,(H2,13,16)(H,14,17). The molecule has 0 spiro atoms. The van der Waals surface area contributed by atoms with Crippen molar-refractivity contribution in [2.75, 3.05) is 11.1 Å². The van der Waals surface area contributed by atoms with Crippen LogP contribution in [0.1, 0.15) is 44.5 Å². The minimum atomic E-state index is -0.155. The van der Waals surface area contributed by atoms with E-state index < -0.39 is 0 Å². The molecule has 0 aliphatic heterocycles. The van der Waals surface area contributed by atoms with Gasteiger partial charge in [-0.2, -0.15) is 4.37 Å². The fourth-order valence-electron chi connectivity index (χ4n) is 1.83. The van der Waals surface area contributed by atoms with Crippen molar-refractivity contribution in [3.05, 3.63) is 5.56 Å². The van der Waals surface area contributed by atoms with Crippen molar-refractivity contribution in [1.82, 2.24) is 9.69 Å². The van der Waals surface area contributed by atoms with Crippen LogP contribution in [0, 0.1) is 5.41 Å². The number of carbonyl (C=O) groups is 1. The molecule has 100 valence electrons. The van der Waals surface area contributed by atoms with Gasteiger partial charge in [0.25, 0.3) is 5.91 Å². The van der Waals surface area contributed by atoms with E-state index in [9.17, 15) is 4.79 Å². The maximum atomic E-state index is 12.1. The normalized spacial score (nSPS) is 20.8. The Morgan fingerprint density at radius 2 is 2.17 bits per heavy atom. The quantitative estimate of drug-likeness (QED) is 0.781. The van der Waals surface area contributed by atoms with Crippen LogP contribution in [-0.2, 0) is 0 Å². The zero-order valence-corrected chi connectivity index (χ0v) is 12.0. The third-order valence-corrected chi connectivity index (χ3v) is 3.98. The predicted octanol–water partition coefficient (Wildman–Crippen LogP) is 2.07. The molecule has 1 aromatic heterocycles. The Morgan fingerprint density at radius 3 is 2.67 bits per heavy atom. The number of nitrogens with zero attached hydrogens (tertiary/aromatic N) is 1. The van der Waals surface area contributed by atoms with Crippen molar-refractivity contribution in [3.63, 3.8) is 0 Å². The van der Waals surface area contributed by atoms with Gasteiger partial charge in [0.05, 0.1) is 0 Å². The van der Waals surface area contributed by atoms with Gasteiger partial charge >= 0.3 is 0 Å². The van der Waals surface area contributed by atoms with Crippen LogP contribution in [0.4, 0.5) is 10.8 Å². The van der Waals surface area contributed by atoms with E-state index in [-0.39, 0.29) is 11.9 Å². The fourth-order valence-corrected chi connectivity index (χ4v) is 2.59. The molecule has 1 amide bonds. The highest BCUT2D eigenvalue weighted by Crippen LogP contribution is 2.47. The fraction of sp³-hybridized carbons (Fsp3) is 0.667. The largest absolute Gasteiger partial charge is 0.382 e. The van der Waals surface area contributed by atoms with Crippen molar-refractivity contribution in [3.8, 4) is 0 Å². The van der Waals surface area contributed by atoms with Gasteiger partial charge in [0.1, 0.15) is 10.6 Å². The van der Waals surface area contributed by atoms with Crippen LogP contribution < -0.4 is 16.4 Å². The van der Waals surface area contributed by atoms with Crippen LogP contribution in [-0.4, -0.2) is 22.4 Å². The second kappa shape index (κ2) is 4.42. The van der Waals surface area contributed by atoms with E-state index in [1.807, 2.05) is 13.8 Å². The number of amides is 1. The van der Waals surface area contributed by atoms with Gasteiger partial charge in [-0.15, -0.1) is 0 Å². The molecule has 18 heavy (non-hydrogen) atoms. The third kappa shape index (κ3) is 2.58. The van der Waals surface area contributed by atoms with Crippen molar-refractivity contribution in [1.29, 1.82) is 0 Å². The van der Waals surface area contributed by atoms with Crippen molar-refractivity contribution >= 4 is 28.3 Å². The van der Waals surface area contributed by atoms with Gasteiger partial charge in [-0.05, 0) is 37.2 Å². The number of nitrogen functional groups attached to an aromatic ring is 1. The SMILES string of the molecule is CC(C)NC(=O)c1c(N)nsc1NC1CC1(C)C. The average molecular weight is 268 g/mol. The van der Waals surface area contributed by atoms with Gasteiger partial charge in [-0.25, -0.2) is 0 Å². The van der Waals surface area contributed by atoms with Crippen LogP contribution in [0.15, 0.2) is 0 Å². The first-order valence-corrected chi connectivity index (χ1v) is 6.91. The first-order valence-electron chi connectivity index (χ1n) is 6.14. The van der Waals surface area contributed by atoms with Crippen LogP contribution in [0.2, 0.25) is 0 Å². The summed E-state index contributed by atoms with van der Waals surface area (Å²) in [6, 6.07) is 0.491. The van der Waals surface area contributed by atoms with Gasteiger partial charge in [0, 0.05) is 12.1 Å². The predicted molar refractivity (Wildman–Crippen MR) is 74.9 cm³/mol. The molecule has 1 aliphatic carbocycles. The molecule has 4 N–H and O–H groups in total. The lowest BCUT2D eigenvalue weighted by Crippen LogP contribution is -2.31. The third-order valence-electron chi connectivity index (χ3n) is 3.18. The van der Waals surface area contributed by atoms with Crippen LogP contribution in [0.25, 0.3) is 0 Å². The maximum Gasteiger partial charge on any atom is 0.258 e. The van der Waals surface area contributed by atoms with Crippen LogP contribution >= 0.6 is 11.5 Å². The lowest BCUT2D eigenvalue weighted by Gasteiger charge is -2.11. The summed E-state index contributed by atoms with van der Waals surface area (Å²) in [7, 11) is 0. The molecule has 1 aromatic rings. The Balaban J connectivity index is 2.14. The Labute approximate surface area is 111 Å². The van der Waals surface area contributed by atoms with Gasteiger partial charge < -0.3 is 16.4 Å². The average Bonchev–Trinajstić information content (AvgIpc) is 2.66. The summed E-state index contributed by atoms with van der Waals surface area (Å²) in [5.41, 5.74) is 6.56.